The van der Waals surface area contributed by atoms with Crippen LogP contribution in [0.25, 0.3) is 0 Å². The number of carbonyl (C=O) groups excluding carboxylic acids is 1. The summed E-state index contributed by atoms with van der Waals surface area (Å²) in [6.45, 7) is 1.83. The molecule has 1 aromatic rings. The van der Waals surface area contributed by atoms with Crippen LogP contribution in [0.3, 0.4) is 0 Å². The first-order chi connectivity index (χ1) is 10.1. The van der Waals surface area contributed by atoms with E-state index in [-0.39, 0.29) is 24.9 Å². The number of carbonyl (C=O) groups is 2. The first-order valence-corrected chi connectivity index (χ1v) is 7.32. The van der Waals surface area contributed by atoms with E-state index in [1.54, 1.807) is 12.1 Å². The van der Waals surface area contributed by atoms with Crippen molar-refractivity contribution >= 4 is 52.7 Å². The van der Waals surface area contributed by atoms with Crippen molar-refractivity contribution in [3.63, 3.8) is 0 Å². The smallest absolute Gasteiger partial charge is 0.320 e. The zero-order valence-electron chi connectivity index (χ0n) is 11.9. The number of fused-ring (bicyclic) bond motifs is 1. The Hall–Kier alpha value is -1.77. The molecule has 0 bridgehead atoms. The fraction of sp³-hybridized carbons (Fsp3) is 0.385. The largest absolute Gasteiger partial charge is 0.480 e. The third-order valence-corrected chi connectivity index (χ3v) is 3.49. The number of halogens is 1. The second-order valence-corrected chi connectivity index (χ2v) is 5.07. The standard InChI is InChI=1S/C13H16N4O3S.ClH/c1-2-4-10(13(19)20)14-7-11(18)15-8-5-3-6-9-12(8)17-21-16-9;/h3,5-6,10,14H,2,4,7H2,1H3,(H,15,18)(H,19,20);1H. The van der Waals surface area contributed by atoms with Crippen molar-refractivity contribution in [2.45, 2.75) is 25.8 Å². The van der Waals surface area contributed by atoms with Crippen molar-refractivity contribution in [3.05, 3.63) is 18.2 Å². The first-order valence-electron chi connectivity index (χ1n) is 6.59. The van der Waals surface area contributed by atoms with Gasteiger partial charge in [-0.05, 0) is 18.6 Å². The molecule has 120 valence electrons. The van der Waals surface area contributed by atoms with Gasteiger partial charge in [-0.2, -0.15) is 8.73 Å². The van der Waals surface area contributed by atoms with E-state index in [1.807, 2.05) is 13.0 Å². The van der Waals surface area contributed by atoms with Crippen LogP contribution in [-0.2, 0) is 20.9 Å². The van der Waals surface area contributed by atoms with Crippen LogP contribution in [0.4, 0.5) is 17.1 Å². The van der Waals surface area contributed by atoms with Crippen LogP contribution >= 0.6 is 12.4 Å². The summed E-state index contributed by atoms with van der Waals surface area (Å²) in [5.41, 5.74) is 1.94. The second kappa shape index (κ2) is 8.62. The minimum atomic E-state index is -0.949. The molecule has 0 spiro atoms. The average molecular weight is 345 g/mol. The van der Waals surface area contributed by atoms with Crippen LogP contribution in [-0.4, -0.2) is 29.6 Å². The summed E-state index contributed by atoms with van der Waals surface area (Å²) < 4.78 is 8.22. The molecule has 1 unspecified atom stereocenters. The number of carboxylic acid groups (broad SMARTS) is 1. The fourth-order valence-corrected chi connectivity index (χ4v) is 2.47. The lowest BCUT2D eigenvalue weighted by atomic mass is 10.1. The van der Waals surface area contributed by atoms with E-state index in [1.165, 1.54) is 0 Å². The normalized spacial score (nSPS) is 12.8. The Bertz CT molecular complexity index is 632. The summed E-state index contributed by atoms with van der Waals surface area (Å²) in [6.07, 6.45) is 1.21. The van der Waals surface area contributed by atoms with E-state index in [9.17, 15) is 9.59 Å². The zero-order chi connectivity index (χ0) is 15.2. The molecule has 22 heavy (non-hydrogen) atoms. The Kier molecular flexibility index (Phi) is 7.16. The van der Waals surface area contributed by atoms with E-state index in [4.69, 9.17) is 5.11 Å². The molecule has 3 N–H and O–H groups in total. The van der Waals surface area contributed by atoms with Crippen LogP contribution in [0.15, 0.2) is 26.9 Å². The number of hydrogen-bond acceptors (Lipinski definition) is 5. The van der Waals surface area contributed by atoms with Gasteiger partial charge < -0.3 is 10.4 Å². The van der Waals surface area contributed by atoms with E-state index >= 15 is 0 Å². The Labute approximate surface area is 137 Å². The minimum absolute atomic E-state index is 0. The lowest BCUT2D eigenvalue weighted by Crippen LogP contribution is -2.41. The molecule has 1 amide bonds. The molecule has 0 fully saturated rings. The number of anilines is 1. The Morgan fingerprint density at radius 3 is 2.82 bits per heavy atom. The Balaban J connectivity index is 0.00000242. The number of benzene rings is 1. The topological polar surface area (TPSA) is 103 Å². The van der Waals surface area contributed by atoms with E-state index in [2.05, 4.69) is 19.4 Å². The second-order valence-electron chi connectivity index (χ2n) is 4.55. The van der Waals surface area contributed by atoms with Gasteiger partial charge in [0.05, 0.1) is 23.6 Å². The fourth-order valence-electron chi connectivity index (χ4n) is 1.92. The monoisotopic (exact) mass is 344 g/mol. The first kappa shape index (κ1) is 18.3. The van der Waals surface area contributed by atoms with Gasteiger partial charge in [0.1, 0.15) is 17.4 Å². The van der Waals surface area contributed by atoms with Crippen molar-refractivity contribution < 1.29 is 14.7 Å². The highest BCUT2D eigenvalue weighted by Crippen LogP contribution is 2.38. The van der Waals surface area contributed by atoms with Crippen molar-refractivity contribution in [2.24, 2.45) is 8.73 Å². The summed E-state index contributed by atoms with van der Waals surface area (Å²) >= 11 is 1.08. The van der Waals surface area contributed by atoms with Gasteiger partial charge in [0.15, 0.2) is 0 Å². The molecule has 2 rings (SSSR count). The lowest BCUT2D eigenvalue weighted by Gasteiger charge is -2.13. The van der Waals surface area contributed by atoms with E-state index < -0.39 is 12.0 Å². The highest BCUT2D eigenvalue weighted by Gasteiger charge is 2.18. The van der Waals surface area contributed by atoms with Crippen LogP contribution in [0.1, 0.15) is 19.8 Å². The third-order valence-electron chi connectivity index (χ3n) is 2.94. The summed E-state index contributed by atoms with van der Waals surface area (Å²) in [4.78, 5) is 22.9. The molecule has 1 heterocycles. The SMILES string of the molecule is CCCC(NCC(=O)Nc1cccc2c1N=S=N2)C(=O)O.Cl. The molecule has 1 aliphatic rings. The summed E-state index contributed by atoms with van der Waals surface area (Å²) in [6, 6.07) is 4.62. The molecule has 0 saturated heterocycles. The number of amides is 1. The van der Waals surface area contributed by atoms with Gasteiger partial charge in [-0.25, -0.2) is 0 Å². The van der Waals surface area contributed by atoms with Gasteiger partial charge in [-0.3, -0.25) is 14.9 Å². The molecule has 1 aromatic carbocycles. The highest BCUT2D eigenvalue weighted by molar-refractivity contribution is 7.58. The predicted octanol–water partition coefficient (Wildman–Crippen LogP) is 2.62. The molecule has 7 nitrogen and oxygen atoms in total. The van der Waals surface area contributed by atoms with Gasteiger partial charge in [-0.15, -0.1) is 12.4 Å². The molecule has 0 aromatic heterocycles. The number of hydrogen-bond donors (Lipinski definition) is 3. The predicted molar refractivity (Wildman–Crippen MR) is 88.2 cm³/mol. The molecule has 9 heteroatoms. The maximum absolute atomic E-state index is 11.9. The van der Waals surface area contributed by atoms with Crippen molar-refractivity contribution in [1.82, 2.24) is 5.32 Å². The van der Waals surface area contributed by atoms with Crippen molar-refractivity contribution in [1.29, 1.82) is 0 Å². The van der Waals surface area contributed by atoms with Gasteiger partial charge in [-0.1, -0.05) is 19.4 Å². The number of rotatable bonds is 7. The molecule has 0 aliphatic carbocycles. The summed E-state index contributed by atoms with van der Waals surface area (Å²) in [5, 5.41) is 14.5. The van der Waals surface area contributed by atoms with Crippen molar-refractivity contribution in [2.75, 3.05) is 11.9 Å². The quantitative estimate of drug-likeness (QED) is 0.718. The molecular weight excluding hydrogens is 328 g/mol. The highest BCUT2D eigenvalue weighted by atomic mass is 35.5. The van der Waals surface area contributed by atoms with Gasteiger partial charge in [0, 0.05) is 0 Å². The zero-order valence-corrected chi connectivity index (χ0v) is 13.5. The molecular formula is C13H17ClN4O3S. The number of carboxylic acids is 1. The number of aliphatic carboxylic acids is 1. The summed E-state index contributed by atoms with van der Waals surface area (Å²) in [5.74, 6) is -1.26. The summed E-state index contributed by atoms with van der Waals surface area (Å²) in [7, 11) is 0. The molecule has 1 atom stereocenters. The van der Waals surface area contributed by atoms with Crippen LogP contribution in [0.5, 0.6) is 0 Å². The van der Waals surface area contributed by atoms with Gasteiger partial charge in [0.2, 0.25) is 5.91 Å². The maximum Gasteiger partial charge on any atom is 0.320 e. The van der Waals surface area contributed by atoms with Crippen LogP contribution in [0, 0.1) is 0 Å². The van der Waals surface area contributed by atoms with Crippen LogP contribution in [0.2, 0.25) is 0 Å². The third kappa shape index (κ3) is 4.62. The molecule has 0 saturated carbocycles. The average Bonchev–Trinajstić information content (AvgIpc) is 2.92. The van der Waals surface area contributed by atoms with E-state index in [0.717, 1.165) is 23.5 Å². The van der Waals surface area contributed by atoms with Crippen LogP contribution < -0.4 is 10.6 Å². The lowest BCUT2D eigenvalue weighted by molar-refractivity contribution is -0.139. The van der Waals surface area contributed by atoms with Crippen molar-refractivity contribution in [3.8, 4) is 0 Å². The Morgan fingerprint density at radius 1 is 1.36 bits per heavy atom. The van der Waals surface area contributed by atoms with E-state index in [0.29, 0.717) is 17.8 Å². The van der Waals surface area contributed by atoms with Gasteiger partial charge >= 0.3 is 5.97 Å². The minimum Gasteiger partial charge on any atom is -0.480 e. The molecule has 1 aliphatic heterocycles. The van der Waals surface area contributed by atoms with Gasteiger partial charge in [0.25, 0.3) is 0 Å². The Morgan fingerprint density at radius 2 is 2.14 bits per heavy atom. The number of nitrogens with one attached hydrogen (secondary N) is 2. The number of nitrogens with zero attached hydrogens (tertiary/aromatic N) is 2. The molecule has 0 radical (unpaired) electrons. The maximum atomic E-state index is 11.9.